The summed E-state index contributed by atoms with van der Waals surface area (Å²) < 4.78 is 11.1. The summed E-state index contributed by atoms with van der Waals surface area (Å²) >= 11 is 0. The van der Waals surface area contributed by atoms with Crippen LogP contribution in [0.25, 0.3) is 0 Å². The summed E-state index contributed by atoms with van der Waals surface area (Å²) in [7, 11) is 0. The summed E-state index contributed by atoms with van der Waals surface area (Å²) in [5.74, 6) is -1.11. The van der Waals surface area contributed by atoms with Crippen molar-refractivity contribution in [3.63, 3.8) is 0 Å². The zero-order valence-corrected chi connectivity index (χ0v) is 20.1. The predicted molar refractivity (Wildman–Crippen MR) is 132 cm³/mol. The Morgan fingerprint density at radius 3 is 2.37 bits per heavy atom. The molecule has 184 valence electrons. The molecule has 2 atom stereocenters. The number of nitrogens with one attached hydrogen (secondary N) is 1. The third-order valence-corrected chi connectivity index (χ3v) is 6.74. The van der Waals surface area contributed by atoms with Gasteiger partial charge in [0.05, 0.1) is 18.2 Å². The highest BCUT2D eigenvalue weighted by Crippen LogP contribution is 2.31. The molecule has 2 unspecified atom stereocenters. The zero-order chi connectivity index (χ0) is 24.6. The minimum absolute atomic E-state index is 0.186. The number of carbonyl (C=O) groups is 3. The molecule has 2 aliphatic rings. The first-order chi connectivity index (χ1) is 17.0. The molecular formula is C28H32N2O5. The largest absolute Gasteiger partial charge is 0.465 e. The second kappa shape index (κ2) is 11.8. The lowest BCUT2D eigenvalue weighted by Crippen LogP contribution is -2.45. The van der Waals surface area contributed by atoms with Gasteiger partial charge in [-0.1, -0.05) is 68.7 Å². The van der Waals surface area contributed by atoms with Crippen molar-refractivity contribution in [2.75, 3.05) is 6.61 Å². The third kappa shape index (κ3) is 6.35. The highest BCUT2D eigenvalue weighted by atomic mass is 16.5. The van der Waals surface area contributed by atoms with E-state index in [0.29, 0.717) is 35.8 Å². The fraction of sp³-hybridized carbons (Fsp3) is 0.429. The van der Waals surface area contributed by atoms with Crippen molar-refractivity contribution < 1.29 is 23.9 Å². The van der Waals surface area contributed by atoms with E-state index in [1.807, 2.05) is 37.3 Å². The van der Waals surface area contributed by atoms with Crippen LogP contribution in [-0.4, -0.2) is 30.3 Å². The molecule has 0 aromatic heterocycles. The molecule has 7 heteroatoms. The molecule has 1 aliphatic heterocycles. The molecule has 2 amide bonds. The lowest BCUT2D eigenvalue weighted by atomic mass is 9.86. The Labute approximate surface area is 205 Å². The Hall–Kier alpha value is -3.48. The Kier molecular flexibility index (Phi) is 8.29. The van der Waals surface area contributed by atoms with E-state index in [4.69, 9.17) is 9.47 Å². The fourth-order valence-corrected chi connectivity index (χ4v) is 4.76. The number of hydrogen-bond donors (Lipinski definition) is 1. The van der Waals surface area contributed by atoms with Gasteiger partial charge < -0.3 is 14.8 Å². The van der Waals surface area contributed by atoms with E-state index in [9.17, 15) is 14.4 Å². The molecule has 0 radical (unpaired) electrons. The SMILES string of the molecule is CCC1=NC(=O)NC(c2ccc(C(=O)OCc3ccccc3)cc2)C1C(=O)OCC1CCCCC1. The van der Waals surface area contributed by atoms with Gasteiger partial charge in [0.15, 0.2) is 0 Å². The molecule has 4 rings (SSSR count). The van der Waals surface area contributed by atoms with Gasteiger partial charge in [0, 0.05) is 5.71 Å². The van der Waals surface area contributed by atoms with Gasteiger partial charge in [-0.2, -0.15) is 0 Å². The highest BCUT2D eigenvalue weighted by Gasteiger charge is 2.39. The van der Waals surface area contributed by atoms with Crippen LogP contribution in [0.3, 0.4) is 0 Å². The quantitative estimate of drug-likeness (QED) is 0.515. The highest BCUT2D eigenvalue weighted by molar-refractivity contribution is 6.09. The van der Waals surface area contributed by atoms with Crippen molar-refractivity contribution in [3.8, 4) is 0 Å². The average Bonchev–Trinajstić information content (AvgIpc) is 2.91. The number of hydrogen-bond acceptors (Lipinski definition) is 5. The van der Waals surface area contributed by atoms with Crippen LogP contribution in [0.4, 0.5) is 4.79 Å². The number of esters is 2. The lowest BCUT2D eigenvalue weighted by molar-refractivity contribution is -0.148. The van der Waals surface area contributed by atoms with Crippen LogP contribution in [0.5, 0.6) is 0 Å². The van der Waals surface area contributed by atoms with Gasteiger partial charge in [0.1, 0.15) is 12.5 Å². The summed E-state index contributed by atoms with van der Waals surface area (Å²) in [5, 5.41) is 2.82. The molecular weight excluding hydrogens is 444 g/mol. The molecule has 0 spiro atoms. The molecule has 35 heavy (non-hydrogen) atoms. The smallest absolute Gasteiger partial charge is 0.341 e. The standard InChI is InChI=1S/C28H32N2O5/c1-2-23-24(27(32)35-18-20-11-7-4-8-12-20)25(30-28(33)29-23)21-13-15-22(16-14-21)26(31)34-17-19-9-5-3-6-10-19/h3,5-6,9-10,13-16,20,24-25H,2,4,7-8,11-12,17-18H2,1H3,(H,30,33). The number of amides is 2. The van der Waals surface area contributed by atoms with Crippen molar-refractivity contribution in [1.82, 2.24) is 5.32 Å². The Balaban J connectivity index is 1.45. The topological polar surface area (TPSA) is 94.1 Å². The van der Waals surface area contributed by atoms with Crippen molar-refractivity contribution >= 4 is 23.7 Å². The van der Waals surface area contributed by atoms with E-state index >= 15 is 0 Å². The maximum absolute atomic E-state index is 13.2. The van der Waals surface area contributed by atoms with Crippen LogP contribution < -0.4 is 5.32 Å². The van der Waals surface area contributed by atoms with Gasteiger partial charge in [-0.3, -0.25) is 4.79 Å². The number of aliphatic imine (C=N–C) groups is 1. The number of carbonyl (C=O) groups excluding carboxylic acids is 3. The minimum Gasteiger partial charge on any atom is -0.465 e. The number of ether oxygens (including phenoxy) is 2. The molecule has 7 nitrogen and oxygen atoms in total. The van der Waals surface area contributed by atoms with Crippen LogP contribution >= 0.6 is 0 Å². The average molecular weight is 477 g/mol. The fourth-order valence-electron chi connectivity index (χ4n) is 4.76. The van der Waals surface area contributed by atoms with Crippen molar-refractivity contribution in [2.45, 2.75) is 58.1 Å². The van der Waals surface area contributed by atoms with Crippen molar-refractivity contribution in [3.05, 3.63) is 71.3 Å². The second-order valence-corrected chi connectivity index (χ2v) is 9.18. The first kappa shape index (κ1) is 24.6. The lowest BCUT2D eigenvalue weighted by Gasteiger charge is -2.31. The maximum Gasteiger partial charge on any atom is 0.341 e. The Bertz CT molecular complexity index is 1060. The predicted octanol–water partition coefficient (Wildman–Crippen LogP) is 5.40. The van der Waals surface area contributed by atoms with Gasteiger partial charge in [0.2, 0.25) is 0 Å². The van der Waals surface area contributed by atoms with Crippen LogP contribution in [0.15, 0.2) is 59.6 Å². The first-order valence-electron chi connectivity index (χ1n) is 12.4. The summed E-state index contributed by atoms with van der Waals surface area (Å²) in [6.07, 6.45) is 6.21. The first-order valence-corrected chi connectivity index (χ1v) is 12.4. The van der Waals surface area contributed by atoms with Gasteiger partial charge in [-0.25, -0.2) is 14.6 Å². The Morgan fingerprint density at radius 1 is 0.971 bits per heavy atom. The molecule has 2 aromatic carbocycles. The second-order valence-electron chi connectivity index (χ2n) is 9.18. The van der Waals surface area contributed by atoms with Crippen LogP contribution in [-0.2, 0) is 20.9 Å². The summed E-state index contributed by atoms with van der Waals surface area (Å²) in [5.41, 5.74) is 2.52. The molecule has 0 saturated heterocycles. The normalized spacial score (nSPS) is 20.5. The zero-order valence-electron chi connectivity index (χ0n) is 20.1. The van der Waals surface area contributed by atoms with E-state index in [2.05, 4.69) is 10.3 Å². The van der Waals surface area contributed by atoms with Gasteiger partial charge in [0.25, 0.3) is 0 Å². The molecule has 1 saturated carbocycles. The molecule has 1 heterocycles. The molecule has 2 aromatic rings. The van der Waals surface area contributed by atoms with Crippen LogP contribution in [0.2, 0.25) is 0 Å². The Morgan fingerprint density at radius 2 is 1.69 bits per heavy atom. The van der Waals surface area contributed by atoms with E-state index in [0.717, 1.165) is 18.4 Å². The number of rotatable bonds is 8. The summed E-state index contributed by atoms with van der Waals surface area (Å²) in [6, 6.07) is 15.2. The monoisotopic (exact) mass is 476 g/mol. The third-order valence-electron chi connectivity index (χ3n) is 6.74. The minimum atomic E-state index is -0.697. The summed E-state index contributed by atoms with van der Waals surface area (Å²) in [4.78, 5) is 42.0. The molecule has 0 bridgehead atoms. The van der Waals surface area contributed by atoms with Crippen molar-refractivity contribution in [1.29, 1.82) is 0 Å². The number of urea groups is 1. The number of benzene rings is 2. The molecule has 1 fully saturated rings. The number of nitrogens with zero attached hydrogens (tertiary/aromatic N) is 1. The van der Waals surface area contributed by atoms with Crippen LogP contribution in [0, 0.1) is 11.8 Å². The van der Waals surface area contributed by atoms with E-state index < -0.39 is 24.0 Å². The van der Waals surface area contributed by atoms with Crippen molar-refractivity contribution in [2.24, 2.45) is 16.8 Å². The summed E-state index contributed by atoms with van der Waals surface area (Å²) in [6.45, 7) is 2.46. The van der Waals surface area contributed by atoms with Crippen LogP contribution in [0.1, 0.15) is 73.0 Å². The molecule has 1 N–H and O–H groups in total. The molecule has 1 aliphatic carbocycles. The van der Waals surface area contributed by atoms with E-state index in [1.54, 1.807) is 24.3 Å². The van der Waals surface area contributed by atoms with E-state index in [-0.39, 0.29) is 12.6 Å². The van der Waals surface area contributed by atoms with Gasteiger partial charge in [-0.05, 0) is 48.4 Å². The van der Waals surface area contributed by atoms with E-state index in [1.165, 1.54) is 19.3 Å². The van der Waals surface area contributed by atoms with Gasteiger partial charge in [-0.15, -0.1) is 0 Å². The van der Waals surface area contributed by atoms with Gasteiger partial charge >= 0.3 is 18.0 Å². The maximum atomic E-state index is 13.2.